The Labute approximate surface area is 197 Å². The lowest BCUT2D eigenvalue weighted by Gasteiger charge is -2.20. The number of thioether (sulfide) groups is 1. The van der Waals surface area contributed by atoms with Gasteiger partial charge in [-0.1, -0.05) is 49.0 Å². The molecule has 1 atom stereocenters. The van der Waals surface area contributed by atoms with E-state index in [4.69, 9.17) is 9.15 Å². The maximum atomic E-state index is 12.7. The van der Waals surface area contributed by atoms with Crippen LogP contribution in [0, 0.1) is 6.92 Å². The molecule has 1 aromatic heterocycles. The van der Waals surface area contributed by atoms with Gasteiger partial charge in [0.15, 0.2) is 6.61 Å². The Morgan fingerprint density at radius 1 is 1.18 bits per heavy atom. The Hall–Kier alpha value is -3.33. The van der Waals surface area contributed by atoms with Gasteiger partial charge >= 0.3 is 0 Å². The number of rotatable bonds is 10. The molecule has 1 unspecified atom stereocenters. The van der Waals surface area contributed by atoms with Gasteiger partial charge in [-0.05, 0) is 49.6 Å². The second kappa shape index (κ2) is 11.5. The van der Waals surface area contributed by atoms with Crippen LogP contribution in [0.2, 0.25) is 0 Å². The number of carbonyl (C=O) groups excluding carboxylic acids is 2. The van der Waals surface area contributed by atoms with Crippen LogP contribution in [0.1, 0.15) is 30.9 Å². The van der Waals surface area contributed by atoms with Crippen LogP contribution in [0.5, 0.6) is 5.75 Å². The van der Waals surface area contributed by atoms with Crippen molar-refractivity contribution in [2.45, 2.75) is 44.3 Å². The summed E-state index contributed by atoms with van der Waals surface area (Å²) in [6.07, 6.45) is 0.807. The maximum Gasteiger partial charge on any atom is 0.277 e. The molecule has 0 fully saturated rings. The van der Waals surface area contributed by atoms with E-state index >= 15 is 0 Å². The number of nitrogens with one attached hydrogen (secondary N) is 1. The Kier molecular flexibility index (Phi) is 8.48. The molecule has 0 radical (unpaired) electrons. The summed E-state index contributed by atoms with van der Waals surface area (Å²) in [6, 6.07) is 15.3. The SMILES string of the molecule is CCc1ccccc1NC(=O)CN(C)C(=O)C(C)Sc1nnc(COc2cccc(C)c2)o1. The van der Waals surface area contributed by atoms with Crippen molar-refractivity contribution in [3.8, 4) is 5.75 Å². The fourth-order valence-electron chi connectivity index (χ4n) is 3.14. The third-order valence-corrected chi connectivity index (χ3v) is 5.78. The molecule has 0 bridgehead atoms. The monoisotopic (exact) mass is 468 g/mol. The fraction of sp³-hybridized carbons (Fsp3) is 0.333. The van der Waals surface area contributed by atoms with Crippen LogP contribution in [0.15, 0.2) is 58.2 Å². The summed E-state index contributed by atoms with van der Waals surface area (Å²) in [5.74, 6) is 0.570. The van der Waals surface area contributed by atoms with E-state index in [1.54, 1.807) is 14.0 Å². The van der Waals surface area contributed by atoms with Crippen LogP contribution in [-0.4, -0.2) is 45.8 Å². The molecule has 3 rings (SSSR count). The lowest BCUT2D eigenvalue weighted by molar-refractivity contribution is -0.132. The minimum absolute atomic E-state index is 0.0544. The van der Waals surface area contributed by atoms with Crippen LogP contribution in [0.4, 0.5) is 5.69 Å². The smallest absolute Gasteiger partial charge is 0.277 e. The van der Waals surface area contributed by atoms with Crippen molar-refractivity contribution < 1.29 is 18.7 Å². The van der Waals surface area contributed by atoms with E-state index in [-0.39, 0.29) is 30.2 Å². The number of anilines is 1. The summed E-state index contributed by atoms with van der Waals surface area (Å²) in [5.41, 5.74) is 2.90. The molecule has 1 heterocycles. The van der Waals surface area contributed by atoms with Crippen molar-refractivity contribution in [1.29, 1.82) is 0 Å². The third kappa shape index (κ3) is 7.08. The van der Waals surface area contributed by atoms with Crippen LogP contribution in [-0.2, 0) is 22.6 Å². The number of para-hydroxylation sites is 1. The average Bonchev–Trinajstić information content (AvgIpc) is 3.24. The number of carbonyl (C=O) groups is 2. The highest BCUT2D eigenvalue weighted by atomic mass is 32.2. The molecule has 2 amide bonds. The van der Waals surface area contributed by atoms with Crippen molar-refractivity contribution >= 4 is 29.3 Å². The highest BCUT2D eigenvalue weighted by Crippen LogP contribution is 2.24. The normalized spacial score (nSPS) is 11.6. The Morgan fingerprint density at radius 3 is 2.73 bits per heavy atom. The second-order valence-corrected chi connectivity index (χ2v) is 8.87. The van der Waals surface area contributed by atoms with E-state index in [2.05, 4.69) is 15.5 Å². The summed E-state index contributed by atoms with van der Waals surface area (Å²) in [6.45, 7) is 5.83. The van der Waals surface area contributed by atoms with Gasteiger partial charge in [0, 0.05) is 12.7 Å². The molecule has 0 saturated carbocycles. The van der Waals surface area contributed by atoms with Crippen LogP contribution in [0.25, 0.3) is 0 Å². The van der Waals surface area contributed by atoms with Gasteiger partial charge in [-0.2, -0.15) is 0 Å². The van der Waals surface area contributed by atoms with Crippen molar-refractivity contribution in [2.75, 3.05) is 18.9 Å². The molecule has 0 saturated heterocycles. The molecule has 1 N–H and O–H groups in total. The summed E-state index contributed by atoms with van der Waals surface area (Å²) in [5, 5.41) is 10.6. The minimum Gasteiger partial charge on any atom is -0.484 e. The predicted molar refractivity (Wildman–Crippen MR) is 127 cm³/mol. The molecule has 0 aliphatic rings. The second-order valence-electron chi connectivity index (χ2n) is 7.58. The number of ether oxygens (including phenoxy) is 1. The molecule has 0 aliphatic heterocycles. The number of aromatic nitrogens is 2. The highest BCUT2D eigenvalue weighted by Gasteiger charge is 2.23. The first-order valence-electron chi connectivity index (χ1n) is 10.7. The Balaban J connectivity index is 1.49. The number of amides is 2. The molecule has 0 aliphatic carbocycles. The number of nitrogens with zero attached hydrogens (tertiary/aromatic N) is 3. The minimum atomic E-state index is -0.503. The van der Waals surface area contributed by atoms with Crippen LogP contribution < -0.4 is 10.1 Å². The molecule has 0 spiro atoms. The third-order valence-electron chi connectivity index (χ3n) is 4.85. The lowest BCUT2D eigenvalue weighted by atomic mass is 10.1. The number of hydrogen-bond acceptors (Lipinski definition) is 7. The molecule has 3 aromatic rings. The van der Waals surface area contributed by atoms with E-state index in [1.807, 2.05) is 62.4 Å². The Bertz CT molecular complexity index is 1100. The van der Waals surface area contributed by atoms with Gasteiger partial charge < -0.3 is 19.4 Å². The van der Waals surface area contributed by atoms with Crippen LogP contribution >= 0.6 is 11.8 Å². The topological polar surface area (TPSA) is 97.6 Å². The first-order valence-corrected chi connectivity index (χ1v) is 11.5. The standard InChI is InChI=1S/C24H28N4O4S/c1-5-18-10-6-7-12-20(18)25-21(29)14-28(4)23(30)17(3)33-24-27-26-22(32-24)15-31-19-11-8-9-16(2)13-19/h6-13,17H,5,14-15H2,1-4H3,(H,25,29). The first kappa shape index (κ1) is 24.3. The molecular formula is C24H28N4O4S. The van der Waals surface area contributed by atoms with Gasteiger partial charge in [0.05, 0.1) is 11.8 Å². The zero-order chi connectivity index (χ0) is 23.8. The van der Waals surface area contributed by atoms with Crippen LogP contribution in [0.3, 0.4) is 0 Å². The van der Waals surface area contributed by atoms with Crippen molar-refractivity contribution in [2.24, 2.45) is 0 Å². The summed E-state index contributed by atoms with van der Waals surface area (Å²) in [7, 11) is 1.60. The van der Waals surface area contributed by atoms with Gasteiger partial charge in [-0.15, -0.1) is 10.2 Å². The van der Waals surface area contributed by atoms with Gasteiger partial charge in [-0.25, -0.2) is 0 Å². The molecule has 8 nitrogen and oxygen atoms in total. The van der Waals surface area contributed by atoms with Gasteiger partial charge in [0.1, 0.15) is 5.75 Å². The molecular weight excluding hydrogens is 440 g/mol. The van der Waals surface area contributed by atoms with Crippen molar-refractivity contribution in [3.05, 3.63) is 65.5 Å². The van der Waals surface area contributed by atoms with E-state index in [9.17, 15) is 9.59 Å². The largest absolute Gasteiger partial charge is 0.484 e. The molecule has 9 heteroatoms. The summed E-state index contributed by atoms with van der Waals surface area (Å²) in [4.78, 5) is 26.5. The molecule has 174 valence electrons. The number of benzene rings is 2. The Morgan fingerprint density at radius 2 is 1.97 bits per heavy atom. The van der Waals surface area contributed by atoms with Gasteiger partial charge in [0.25, 0.3) is 11.1 Å². The van der Waals surface area contributed by atoms with Gasteiger partial charge in [-0.3, -0.25) is 9.59 Å². The summed E-state index contributed by atoms with van der Waals surface area (Å²) < 4.78 is 11.2. The zero-order valence-corrected chi connectivity index (χ0v) is 20.0. The number of likely N-dealkylation sites (N-methyl/N-ethyl adjacent to an activating group) is 1. The quantitative estimate of drug-likeness (QED) is 0.448. The zero-order valence-electron chi connectivity index (χ0n) is 19.2. The summed E-state index contributed by atoms with van der Waals surface area (Å²) >= 11 is 1.14. The number of aryl methyl sites for hydroxylation is 2. The fourth-order valence-corrected chi connectivity index (χ4v) is 3.96. The highest BCUT2D eigenvalue weighted by molar-refractivity contribution is 8.00. The van der Waals surface area contributed by atoms with E-state index < -0.39 is 5.25 Å². The molecule has 2 aromatic carbocycles. The van der Waals surface area contributed by atoms with Crippen molar-refractivity contribution in [1.82, 2.24) is 15.1 Å². The number of hydrogen-bond donors (Lipinski definition) is 1. The van der Waals surface area contributed by atoms with E-state index in [1.165, 1.54) is 4.90 Å². The first-order chi connectivity index (χ1) is 15.9. The van der Waals surface area contributed by atoms with Crippen molar-refractivity contribution in [3.63, 3.8) is 0 Å². The molecule has 33 heavy (non-hydrogen) atoms. The predicted octanol–water partition coefficient (Wildman–Crippen LogP) is 4.10. The van der Waals surface area contributed by atoms with Gasteiger partial charge in [0.2, 0.25) is 11.8 Å². The maximum absolute atomic E-state index is 12.7. The lowest BCUT2D eigenvalue weighted by Crippen LogP contribution is -2.39. The van der Waals surface area contributed by atoms with E-state index in [0.29, 0.717) is 11.6 Å². The average molecular weight is 469 g/mol. The van der Waals surface area contributed by atoms with E-state index in [0.717, 1.165) is 35.0 Å².